The first-order chi connectivity index (χ1) is 9.31. The average molecular weight is 265 g/mol. The third-order valence-electron chi connectivity index (χ3n) is 5.07. The van der Waals surface area contributed by atoms with Crippen molar-refractivity contribution < 1.29 is 4.79 Å². The molecule has 4 heteroatoms. The van der Waals surface area contributed by atoms with E-state index in [1.165, 1.54) is 45.2 Å². The minimum atomic E-state index is 0.269. The number of piperidine rings is 1. The smallest absolute Gasteiger partial charge is 0.220 e. The Kier molecular flexibility index (Phi) is 4.38. The third kappa shape index (κ3) is 3.48. The number of amides is 1. The molecule has 3 unspecified atom stereocenters. The molecule has 0 spiro atoms. The van der Waals surface area contributed by atoms with Crippen LogP contribution >= 0.6 is 0 Å². The number of hydrogen-bond acceptors (Lipinski definition) is 3. The van der Waals surface area contributed by atoms with E-state index in [4.69, 9.17) is 0 Å². The Morgan fingerprint density at radius 3 is 3.00 bits per heavy atom. The minimum absolute atomic E-state index is 0.269. The van der Waals surface area contributed by atoms with Crippen molar-refractivity contribution in [1.82, 2.24) is 15.5 Å². The van der Waals surface area contributed by atoms with Crippen molar-refractivity contribution in [2.24, 2.45) is 0 Å². The molecule has 3 heterocycles. The van der Waals surface area contributed by atoms with Crippen molar-refractivity contribution in [3.8, 4) is 0 Å². The van der Waals surface area contributed by atoms with E-state index in [0.717, 1.165) is 25.4 Å². The Labute approximate surface area is 116 Å². The summed E-state index contributed by atoms with van der Waals surface area (Å²) in [6.45, 7) is 3.59. The lowest BCUT2D eigenvalue weighted by atomic mass is 9.97. The first-order valence-electron chi connectivity index (χ1n) is 8.08. The standard InChI is InChI=1S/C15H27N3O/c19-15(6-5-12-3-1-8-16-12)17-13-7-10-18-9-2-4-14(18)11-13/h12-14,16H,1-11H2,(H,17,19). The number of nitrogens with zero attached hydrogens (tertiary/aromatic N) is 1. The van der Waals surface area contributed by atoms with Crippen LogP contribution in [0, 0.1) is 0 Å². The molecule has 0 radical (unpaired) electrons. The summed E-state index contributed by atoms with van der Waals surface area (Å²) in [5.41, 5.74) is 0. The van der Waals surface area contributed by atoms with Crippen molar-refractivity contribution in [3.05, 3.63) is 0 Å². The molecule has 19 heavy (non-hydrogen) atoms. The maximum atomic E-state index is 12.0. The van der Waals surface area contributed by atoms with Gasteiger partial charge in [0.1, 0.15) is 0 Å². The van der Waals surface area contributed by atoms with Crippen molar-refractivity contribution in [1.29, 1.82) is 0 Å². The van der Waals surface area contributed by atoms with Gasteiger partial charge in [0, 0.05) is 31.1 Å². The maximum absolute atomic E-state index is 12.0. The fraction of sp³-hybridized carbons (Fsp3) is 0.933. The second-order valence-corrected chi connectivity index (χ2v) is 6.45. The Morgan fingerprint density at radius 2 is 2.16 bits per heavy atom. The van der Waals surface area contributed by atoms with Gasteiger partial charge >= 0.3 is 0 Å². The van der Waals surface area contributed by atoms with Crippen LogP contribution in [0.15, 0.2) is 0 Å². The summed E-state index contributed by atoms with van der Waals surface area (Å²) in [5.74, 6) is 0.269. The van der Waals surface area contributed by atoms with Crippen LogP contribution in [0.5, 0.6) is 0 Å². The van der Waals surface area contributed by atoms with Crippen LogP contribution in [0.3, 0.4) is 0 Å². The van der Waals surface area contributed by atoms with Gasteiger partial charge in [-0.1, -0.05) is 0 Å². The fourth-order valence-electron chi connectivity index (χ4n) is 3.96. The quantitative estimate of drug-likeness (QED) is 0.804. The highest BCUT2D eigenvalue weighted by molar-refractivity contribution is 5.76. The summed E-state index contributed by atoms with van der Waals surface area (Å²) in [7, 11) is 0. The van der Waals surface area contributed by atoms with E-state index in [9.17, 15) is 4.79 Å². The summed E-state index contributed by atoms with van der Waals surface area (Å²) >= 11 is 0. The average Bonchev–Trinajstić information content (AvgIpc) is 3.07. The molecule has 0 aromatic carbocycles. The van der Waals surface area contributed by atoms with Crippen LogP contribution in [0.1, 0.15) is 51.4 Å². The van der Waals surface area contributed by atoms with Crippen LogP contribution in [0.4, 0.5) is 0 Å². The molecular weight excluding hydrogens is 238 g/mol. The van der Waals surface area contributed by atoms with Gasteiger partial charge in [-0.05, 0) is 58.0 Å². The number of hydrogen-bond donors (Lipinski definition) is 2. The highest BCUT2D eigenvalue weighted by Crippen LogP contribution is 2.26. The molecule has 0 bridgehead atoms. The SMILES string of the molecule is O=C(CCC1CCCN1)NC1CCN2CCCC2C1. The van der Waals surface area contributed by atoms with Gasteiger partial charge in [-0.2, -0.15) is 0 Å². The van der Waals surface area contributed by atoms with Gasteiger partial charge in [0.2, 0.25) is 5.91 Å². The van der Waals surface area contributed by atoms with Crippen LogP contribution < -0.4 is 10.6 Å². The van der Waals surface area contributed by atoms with E-state index in [-0.39, 0.29) is 5.91 Å². The van der Waals surface area contributed by atoms with Gasteiger partial charge in [0.25, 0.3) is 0 Å². The zero-order valence-corrected chi connectivity index (χ0v) is 11.9. The third-order valence-corrected chi connectivity index (χ3v) is 5.07. The highest BCUT2D eigenvalue weighted by atomic mass is 16.1. The first-order valence-corrected chi connectivity index (χ1v) is 8.08. The number of fused-ring (bicyclic) bond motifs is 1. The molecule has 3 saturated heterocycles. The van der Waals surface area contributed by atoms with Gasteiger partial charge in [-0.15, -0.1) is 0 Å². The summed E-state index contributed by atoms with van der Waals surface area (Å²) in [5, 5.41) is 6.72. The molecule has 1 amide bonds. The van der Waals surface area contributed by atoms with Gasteiger partial charge < -0.3 is 15.5 Å². The second-order valence-electron chi connectivity index (χ2n) is 6.45. The van der Waals surface area contributed by atoms with E-state index in [2.05, 4.69) is 15.5 Å². The summed E-state index contributed by atoms with van der Waals surface area (Å²) in [4.78, 5) is 14.6. The van der Waals surface area contributed by atoms with E-state index in [1.807, 2.05) is 0 Å². The summed E-state index contributed by atoms with van der Waals surface area (Å²) < 4.78 is 0. The lowest BCUT2D eigenvalue weighted by molar-refractivity contribution is -0.122. The number of carbonyl (C=O) groups excluding carboxylic acids is 1. The predicted octanol–water partition coefficient (Wildman–Crippen LogP) is 1.26. The van der Waals surface area contributed by atoms with Crippen LogP contribution in [0.2, 0.25) is 0 Å². The Hall–Kier alpha value is -0.610. The van der Waals surface area contributed by atoms with Crippen LogP contribution in [-0.2, 0) is 4.79 Å². The monoisotopic (exact) mass is 265 g/mol. The summed E-state index contributed by atoms with van der Waals surface area (Å²) in [6.07, 6.45) is 9.21. The first kappa shape index (κ1) is 13.4. The largest absolute Gasteiger partial charge is 0.353 e. The van der Waals surface area contributed by atoms with Gasteiger partial charge in [0.05, 0.1) is 0 Å². The fourth-order valence-corrected chi connectivity index (χ4v) is 3.96. The van der Waals surface area contributed by atoms with Crippen molar-refractivity contribution >= 4 is 5.91 Å². The lowest BCUT2D eigenvalue weighted by Gasteiger charge is -2.35. The lowest BCUT2D eigenvalue weighted by Crippen LogP contribution is -2.47. The molecule has 0 saturated carbocycles. The van der Waals surface area contributed by atoms with Crippen molar-refractivity contribution in [2.45, 2.75) is 69.5 Å². The van der Waals surface area contributed by atoms with Gasteiger partial charge in [0.15, 0.2) is 0 Å². The molecule has 3 fully saturated rings. The van der Waals surface area contributed by atoms with Crippen molar-refractivity contribution in [2.75, 3.05) is 19.6 Å². The highest BCUT2D eigenvalue weighted by Gasteiger charge is 2.32. The molecule has 4 nitrogen and oxygen atoms in total. The summed E-state index contributed by atoms with van der Waals surface area (Å²) in [6, 6.07) is 1.77. The zero-order chi connectivity index (χ0) is 13.1. The predicted molar refractivity (Wildman–Crippen MR) is 76.0 cm³/mol. The normalized spacial score (nSPS) is 35.3. The molecule has 0 aromatic heterocycles. The maximum Gasteiger partial charge on any atom is 0.220 e. The Morgan fingerprint density at radius 1 is 1.21 bits per heavy atom. The molecule has 3 aliphatic rings. The zero-order valence-electron chi connectivity index (χ0n) is 11.9. The van der Waals surface area contributed by atoms with E-state index in [0.29, 0.717) is 18.5 Å². The minimum Gasteiger partial charge on any atom is -0.353 e. The molecular formula is C15H27N3O. The molecule has 3 atom stereocenters. The Bertz CT molecular complexity index is 315. The molecule has 0 aliphatic carbocycles. The van der Waals surface area contributed by atoms with Crippen molar-refractivity contribution in [3.63, 3.8) is 0 Å². The van der Waals surface area contributed by atoms with E-state index >= 15 is 0 Å². The topological polar surface area (TPSA) is 44.4 Å². The number of nitrogens with one attached hydrogen (secondary N) is 2. The number of carbonyl (C=O) groups is 1. The molecule has 3 aliphatic heterocycles. The molecule has 2 N–H and O–H groups in total. The van der Waals surface area contributed by atoms with E-state index in [1.54, 1.807) is 0 Å². The number of rotatable bonds is 4. The molecule has 0 aromatic rings. The van der Waals surface area contributed by atoms with E-state index < -0.39 is 0 Å². The molecule has 3 rings (SSSR count). The molecule has 108 valence electrons. The second kappa shape index (κ2) is 6.23. The van der Waals surface area contributed by atoms with Gasteiger partial charge in [-0.25, -0.2) is 0 Å². The van der Waals surface area contributed by atoms with Gasteiger partial charge in [-0.3, -0.25) is 4.79 Å². The Balaban J connectivity index is 1.37. The van der Waals surface area contributed by atoms with Crippen LogP contribution in [0.25, 0.3) is 0 Å². The van der Waals surface area contributed by atoms with Crippen LogP contribution in [-0.4, -0.2) is 48.6 Å².